The van der Waals surface area contributed by atoms with Gasteiger partial charge in [-0.05, 0) is 25.0 Å². The van der Waals surface area contributed by atoms with E-state index in [4.69, 9.17) is 10.5 Å². The maximum atomic E-state index is 5.86. The van der Waals surface area contributed by atoms with Crippen LogP contribution in [0.4, 0.5) is 5.69 Å². The highest BCUT2D eigenvalue weighted by Gasteiger charge is 2.02. The first-order valence-corrected chi connectivity index (χ1v) is 6.23. The fourth-order valence-electron chi connectivity index (χ4n) is 1.75. The zero-order valence-electron chi connectivity index (χ0n) is 10.5. The maximum absolute atomic E-state index is 5.86. The zero-order valence-corrected chi connectivity index (χ0v) is 10.5. The molecule has 0 unspecified atom stereocenters. The van der Waals surface area contributed by atoms with Gasteiger partial charge in [-0.25, -0.2) is 0 Å². The average molecular weight is 221 g/mol. The van der Waals surface area contributed by atoms with Gasteiger partial charge < -0.3 is 10.5 Å². The van der Waals surface area contributed by atoms with E-state index in [1.807, 2.05) is 25.1 Å². The second-order valence-corrected chi connectivity index (χ2v) is 4.26. The summed E-state index contributed by atoms with van der Waals surface area (Å²) >= 11 is 0. The lowest BCUT2D eigenvalue weighted by Crippen LogP contribution is -2.01. The third-order valence-corrected chi connectivity index (χ3v) is 2.74. The van der Waals surface area contributed by atoms with Crippen LogP contribution in [0.1, 0.15) is 44.6 Å². The Morgan fingerprint density at radius 1 is 1.12 bits per heavy atom. The van der Waals surface area contributed by atoms with E-state index in [1.165, 1.54) is 25.7 Å². The van der Waals surface area contributed by atoms with E-state index in [2.05, 4.69) is 6.92 Å². The Hall–Kier alpha value is -1.18. The molecule has 2 N–H and O–H groups in total. The van der Waals surface area contributed by atoms with Gasteiger partial charge in [0.25, 0.3) is 0 Å². The van der Waals surface area contributed by atoms with Crippen LogP contribution < -0.4 is 10.5 Å². The summed E-state index contributed by atoms with van der Waals surface area (Å²) in [6.07, 6.45) is 6.29. The summed E-state index contributed by atoms with van der Waals surface area (Å²) in [5.41, 5.74) is 7.72. The molecule has 0 bridgehead atoms. The Morgan fingerprint density at radius 3 is 2.56 bits per heavy atom. The Labute approximate surface area is 98.8 Å². The van der Waals surface area contributed by atoms with Crippen LogP contribution in [0.25, 0.3) is 0 Å². The maximum Gasteiger partial charge on any atom is 0.145 e. The largest absolute Gasteiger partial charge is 0.491 e. The molecule has 0 saturated carbocycles. The molecule has 0 fully saturated rings. The standard InChI is InChI=1S/C14H23NO/c1-3-4-5-6-7-11-16-14-12(2)9-8-10-13(14)15/h8-10H,3-7,11,15H2,1-2H3. The normalized spacial score (nSPS) is 10.4. The van der Waals surface area contributed by atoms with Crippen LogP contribution in [0.2, 0.25) is 0 Å². The third kappa shape index (κ3) is 4.13. The monoisotopic (exact) mass is 221 g/mol. The van der Waals surface area contributed by atoms with E-state index in [0.717, 1.165) is 30.0 Å². The number of nitrogens with two attached hydrogens (primary N) is 1. The lowest BCUT2D eigenvalue weighted by atomic mass is 10.1. The average Bonchev–Trinajstić information content (AvgIpc) is 2.26. The number of para-hydroxylation sites is 1. The van der Waals surface area contributed by atoms with Crippen molar-refractivity contribution in [3.8, 4) is 5.75 Å². The summed E-state index contributed by atoms with van der Waals surface area (Å²) in [6.45, 7) is 5.03. The van der Waals surface area contributed by atoms with Crippen molar-refractivity contribution in [1.82, 2.24) is 0 Å². The molecule has 0 heterocycles. The first kappa shape index (κ1) is 12.9. The molecule has 2 heteroatoms. The predicted molar refractivity (Wildman–Crippen MR) is 69.8 cm³/mol. The molecule has 0 aliphatic carbocycles. The van der Waals surface area contributed by atoms with Gasteiger partial charge in [-0.15, -0.1) is 0 Å². The second kappa shape index (κ2) is 7.15. The SMILES string of the molecule is CCCCCCCOc1c(C)cccc1N. The minimum Gasteiger partial charge on any atom is -0.491 e. The topological polar surface area (TPSA) is 35.2 Å². The lowest BCUT2D eigenvalue weighted by Gasteiger charge is -2.11. The highest BCUT2D eigenvalue weighted by Crippen LogP contribution is 2.25. The highest BCUT2D eigenvalue weighted by molar-refractivity contribution is 5.56. The van der Waals surface area contributed by atoms with E-state index < -0.39 is 0 Å². The Kier molecular flexibility index (Phi) is 5.76. The van der Waals surface area contributed by atoms with E-state index >= 15 is 0 Å². The van der Waals surface area contributed by atoms with E-state index in [9.17, 15) is 0 Å². The van der Waals surface area contributed by atoms with Gasteiger partial charge in [-0.1, -0.05) is 44.7 Å². The fraction of sp³-hybridized carbons (Fsp3) is 0.571. The van der Waals surface area contributed by atoms with Crippen LogP contribution in [-0.2, 0) is 0 Å². The number of benzene rings is 1. The zero-order chi connectivity index (χ0) is 11.8. The molecule has 0 atom stereocenters. The van der Waals surface area contributed by atoms with Gasteiger partial charge in [-0.2, -0.15) is 0 Å². The van der Waals surface area contributed by atoms with Crippen LogP contribution in [0.15, 0.2) is 18.2 Å². The van der Waals surface area contributed by atoms with Crippen molar-refractivity contribution in [1.29, 1.82) is 0 Å². The molecule has 0 aliphatic rings. The Morgan fingerprint density at radius 2 is 1.88 bits per heavy atom. The highest BCUT2D eigenvalue weighted by atomic mass is 16.5. The molecule has 0 saturated heterocycles. The van der Waals surface area contributed by atoms with Crippen molar-refractivity contribution in [2.75, 3.05) is 12.3 Å². The number of nitrogen functional groups attached to an aromatic ring is 1. The molecule has 0 spiro atoms. The van der Waals surface area contributed by atoms with Crippen LogP contribution in [-0.4, -0.2) is 6.61 Å². The number of aryl methyl sites for hydroxylation is 1. The van der Waals surface area contributed by atoms with Gasteiger partial charge in [-0.3, -0.25) is 0 Å². The smallest absolute Gasteiger partial charge is 0.145 e. The number of unbranched alkanes of at least 4 members (excludes halogenated alkanes) is 4. The number of hydrogen-bond donors (Lipinski definition) is 1. The van der Waals surface area contributed by atoms with Gasteiger partial charge in [0.1, 0.15) is 5.75 Å². The second-order valence-electron chi connectivity index (χ2n) is 4.26. The molecule has 1 aromatic carbocycles. The molecule has 90 valence electrons. The molecule has 0 amide bonds. The number of rotatable bonds is 7. The first-order chi connectivity index (χ1) is 7.75. The Bertz CT molecular complexity index is 289. The quantitative estimate of drug-likeness (QED) is 0.559. The molecule has 1 aromatic rings. The van der Waals surface area contributed by atoms with Crippen LogP contribution >= 0.6 is 0 Å². The summed E-state index contributed by atoms with van der Waals surface area (Å²) in [7, 11) is 0. The summed E-state index contributed by atoms with van der Waals surface area (Å²) in [6, 6.07) is 5.88. The van der Waals surface area contributed by atoms with Crippen molar-refractivity contribution in [2.24, 2.45) is 0 Å². The summed E-state index contributed by atoms with van der Waals surface area (Å²) in [4.78, 5) is 0. The van der Waals surface area contributed by atoms with Crippen molar-refractivity contribution in [3.63, 3.8) is 0 Å². The number of hydrogen-bond acceptors (Lipinski definition) is 2. The predicted octanol–water partition coefficient (Wildman–Crippen LogP) is 3.93. The third-order valence-electron chi connectivity index (χ3n) is 2.74. The van der Waals surface area contributed by atoms with Gasteiger partial charge in [0, 0.05) is 0 Å². The van der Waals surface area contributed by atoms with Crippen LogP contribution in [0.3, 0.4) is 0 Å². The van der Waals surface area contributed by atoms with Gasteiger partial charge in [0.15, 0.2) is 0 Å². The van der Waals surface area contributed by atoms with E-state index in [1.54, 1.807) is 0 Å². The van der Waals surface area contributed by atoms with Gasteiger partial charge >= 0.3 is 0 Å². The van der Waals surface area contributed by atoms with Crippen LogP contribution in [0, 0.1) is 6.92 Å². The summed E-state index contributed by atoms with van der Waals surface area (Å²) in [5.74, 6) is 0.859. The number of anilines is 1. The number of ether oxygens (including phenoxy) is 1. The molecule has 0 radical (unpaired) electrons. The van der Waals surface area contributed by atoms with Crippen molar-refractivity contribution >= 4 is 5.69 Å². The molecule has 1 rings (SSSR count). The molecular formula is C14H23NO. The van der Waals surface area contributed by atoms with Crippen molar-refractivity contribution in [2.45, 2.75) is 46.0 Å². The van der Waals surface area contributed by atoms with Crippen molar-refractivity contribution in [3.05, 3.63) is 23.8 Å². The first-order valence-electron chi connectivity index (χ1n) is 6.23. The summed E-state index contributed by atoms with van der Waals surface area (Å²) in [5, 5.41) is 0. The molecule has 0 aliphatic heterocycles. The van der Waals surface area contributed by atoms with Crippen LogP contribution in [0.5, 0.6) is 5.75 Å². The molecular weight excluding hydrogens is 198 g/mol. The van der Waals surface area contributed by atoms with Gasteiger partial charge in [0.2, 0.25) is 0 Å². The van der Waals surface area contributed by atoms with E-state index in [0.29, 0.717) is 0 Å². The summed E-state index contributed by atoms with van der Waals surface area (Å²) < 4.78 is 5.72. The fourth-order valence-corrected chi connectivity index (χ4v) is 1.75. The minimum atomic E-state index is 0.744. The molecule has 16 heavy (non-hydrogen) atoms. The molecule has 2 nitrogen and oxygen atoms in total. The lowest BCUT2D eigenvalue weighted by molar-refractivity contribution is 0.304. The van der Waals surface area contributed by atoms with E-state index in [-0.39, 0.29) is 0 Å². The van der Waals surface area contributed by atoms with Crippen molar-refractivity contribution < 1.29 is 4.74 Å². The Balaban J connectivity index is 2.26. The minimum absolute atomic E-state index is 0.744. The van der Waals surface area contributed by atoms with Gasteiger partial charge in [0.05, 0.1) is 12.3 Å². The molecule has 0 aromatic heterocycles.